The number of pyridine rings is 2. The molecule has 5 heteroatoms. The fourth-order valence-electron chi connectivity index (χ4n) is 3.28. The Balaban J connectivity index is 1.87. The molecule has 0 radical (unpaired) electrons. The van der Waals surface area contributed by atoms with E-state index in [0.717, 1.165) is 28.0 Å². The van der Waals surface area contributed by atoms with E-state index in [2.05, 4.69) is 15.3 Å². The maximum atomic E-state index is 11.1. The number of nitrogens with zero attached hydrogens (tertiary/aromatic N) is 2. The van der Waals surface area contributed by atoms with Gasteiger partial charge in [0.2, 0.25) is 0 Å². The summed E-state index contributed by atoms with van der Waals surface area (Å²) in [7, 11) is 1.64. The van der Waals surface area contributed by atoms with Crippen LogP contribution in [0.2, 0.25) is 0 Å². The first-order chi connectivity index (χ1) is 13.7. The molecule has 5 nitrogen and oxygen atoms in total. The first-order valence-corrected chi connectivity index (χ1v) is 9.06. The molecule has 0 unspecified atom stereocenters. The van der Waals surface area contributed by atoms with Crippen molar-refractivity contribution >= 4 is 16.7 Å². The third kappa shape index (κ3) is 3.47. The van der Waals surface area contributed by atoms with Gasteiger partial charge >= 0.3 is 0 Å². The van der Waals surface area contributed by atoms with Gasteiger partial charge < -0.3 is 15.2 Å². The van der Waals surface area contributed by atoms with E-state index in [1.807, 2.05) is 73.7 Å². The first kappa shape index (κ1) is 17.8. The van der Waals surface area contributed by atoms with E-state index in [9.17, 15) is 5.11 Å². The van der Waals surface area contributed by atoms with Crippen molar-refractivity contribution in [3.63, 3.8) is 0 Å². The minimum atomic E-state index is -0.322. The highest BCUT2D eigenvalue weighted by Crippen LogP contribution is 2.37. The molecular formula is C23H21N3O2. The summed E-state index contributed by atoms with van der Waals surface area (Å²) < 4.78 is 5.39. The number of phenols is 1. The Kier molecular flexibility index (Phi) is 4.81. The topological polar surface area (TPSA) is 67.3 Å². The van der Waals surface area contributed by atoms with E-state index in [1.165, 1.54) is 0 Å². The van der Waals surface area contributed by atoms with E-state index in [4.69, 9.17) is 4.74 Å². The zero-order chi connectivity index (χ0) is 19.5. The van der Waals surface area contributed by atoms with Gasteiger partial charge in [-0.1, -0.05) is 36.4 Å². The molecule has 2 aromatic heterocycles. The normalized spacial score (nSPS) is 11.9. The van der Waals surface area contributed by atoms with Crippen LogP contribution in [0.5, 0.6) is 11.5 Å². The molecule has 0 saturated carbocycles. The maximum Gasteiger partial charge on any atom is 0.147 e. The van der Waals surface area contributed by atoms with Gasteiger partial charge in [0.25, 0.3) is 0 Å². The van der Waals surface area contributed by atoms with E-state index in [1.54, 1.807) is 13.3 Å². The zero-order valence-electron chi connectivity index (χ0n) is 15.8. The van der Waals surface area contributed by atoms with Gasteiger partial charge in [-0.3, -0.25) is 0 Å². The second-order valence-corrected chi connectivity index (χ2v) is 6.60. The van der Waals surface area contributed by atoms with Crippen LogP contribution in [0, 0.1) is 6.92 Å². The molecule has 0 fully saturated rings. The van der Waals surface area contributed by atoms with E-state index in [-0.39, 0.29) is 11.8 Å². The highest BCUT2D eigenvalue weighted by molar-refractivity contribution is 5.86. The quantitative estimate of drug-likeness (QED) is 0.525. The van der Waals surface area contributed by atoms with Crippen LogP contribution >= 0.6 is 0 Å². The minimum absolute atomic E-state index is 0.164. The molecule has 4 aromatic rings. The zero-order valence-corrected chi connectivity index (χ0v) is 15.8. The molecule has 2 aromatic carbocycles. The van der Waals surface area contributed by atoms with Crippen molar-refractivity contribution in [2.24, 2.45) is 0 Å². The Bertz CT molecular complexity index is 1110. The summed E-state index contributed by atoms with van der Waals surface area (Å²) in [5.41, 5.74) is 3.13. The molecule has 4 rings (SSSR count). The van der Waals surface area contributed by atoms with Crippen LogP contribution < -0.4 is 10.1 Å². The van der Waals surface area contributed by atoms with E-state index in [0.29, 0.717) is 11.3 Å². The lowest BCUT2D eigenvalue weighted by Crippen LogP contribution is -2.14. The molecular weight excluding hydrogens is 350 g/mol. The highest BCUT2D eigenvalue weighted by atomic mass is 16.5. The number of nitrogens with one attached hydrogen (secondary N) is 1. The van der Waals surface area contributed by atoms with Gasteiger partial charge in [-0.2, -0.15) is 0 Å². The number of anilines is 1. The molecule has 0 saturated heterocycles. The molecule has 2 heterocycles. The van der Waals surface area contributed by atoms with Crippen molar-refractivity contribution in [2.45, 2.75) is 13.0 Å². The molecule has 0 aliphatic rings. The number of hydrogen-bond acceptors (Lipinski definition) is 5. The summed E-state index contributed by atoms with van der Waals surface area (Å²) in [6, 6.07) is 20.9. The molecule has 2 N–H and O–H groups in total. The average molecular weight is 371 g/mol. The third-order valence-electron chi connectivity index (χ3n) is 4.70. The van der Waals surface area contributed by atoms with E-state index >= 15 is 0 Å². The molecule has 0 spiro atoms. The molecule has 140 valence electrons. The summed E-state index contributed by atoms with van der Waals surface area (Å²) in [6.45, 7) is 1.91. The lowest BCUT2D eigenvalue weighted by molar-refractivity contribution is 0.414. The van der Waals surface area contributed by atoms with Crippen LogP contribution in [0.3, 0.4) is 0 Å². The fourth-order valence-corrected chi connectivity index (χ4v) is 3.28. The number of fused-ring (bicyclic) bond motifs is 1. The van der Waals surface area contributed by atoms with Crippen molar-refractivity contribution in [2.75, 3.05) is 12.4 Å². The largest absolute Gasteiger partial charge is 0.505 e. The van der Waals surface area contributed by atoms with Crippen molar-refractivity contribution in [3.8, 4) is 11.5 Å². The Morgan fingerprint density at radius 1 is 1.00 bits per heavy atom. The van der Waals surface area contributed by atoms with Gasteiger partial charge in [0, 0.05) is 22.8 Å². The van der Waals surface area contributed by atoms with Crippen molar-refractivity contribution in [3.05, 3.63) is 89.7 Å². The van der Waals surface area contributed by atoms with Gasteiger partial charge in [-0.25, -0.2) is 9.97 Å². The number of aromatic hydroxyl groups is 1. The van der Waals surface area contributed by atoms with Gasteiger partial charge in [0.1, 0.15) is 22.8 Å². The third-order valence-corrected chi connectivity index (χ3v) is 4.70. The summed E-state index contributed by atoms with van der Waals surface area (Å²) in [4.78, 5) is 8.91. The Labute approximate surface area is 163 Å². The minimum Gasteiger partial charge on any atom is -0.505 e. The monoisotopic (exact) mass is 371 g/mol. The average Bonchev–Trinajstić information content (AvgIpc) is 2.74. The summed E-state index contributed by atoms with van der Waals surface area (Å²) in [5.74, 6) is 1.63. The number of rotatable bonds is 5. The van der Waals surface area contributed by atoms with E-state index < -0.39 is 0 Å². The fraction of sp³-hybridized carbons (Fsp3) is 0.130. The molecule has 0 bridgehead atoms. The molecule has 28 heavy (non-hydrogen) atoms. The van der Waals surface area contributed by atoms with Gasteiger partial charge in [0.05, 0.1) is 13.2 Å². The van der Waals surface area contributed by atoms with Gasteiger partial charge in [0.15, 0.2) is 0 Å². The number of aromatic nitrogens is 2. The lowest BCUT2D eigenvalue weighted by Gasteiger charge is -2.22. The number of ether oxygens (including phenoxy) is 1. The molecule has 0 amide bonds. The Hall–Kier alpha value is -3.60. The molecule has 1 atom stereocenters. The van der Waals surface area contributed by atoms with Crippen LogP contribution in [-0.2, 0) is 0 Å². The smallest absolute Gasteiger partial charge is 0.147 e. The van der Waals surface area contributed by atoms with Crippen LogP contribution in [0.15, 0.2) is 72.9 Å². The van der Waals surface area contributed by atoms with Gasteiger partial charge in [-0.15, -0.1) is 0 Å². The predicted molar refractivity (Wildman–Crippen MR) is 111 cm³/mol. The van der Waals surface area contributed by atoms with Crippen molar-refractivity contribution < 1.29 is 9.84 Å². The summed E-state index contributed by atoms with van der Waals surface area (Å²) in [6.07, 6.45) is 1.73. The number of phenolic OH excluding ortho intramolecular Hbond substituents is 1. The maximum absolute atomic E-state index is 11.1. The number of benzene rings is 2. The second kappa shape index (κ2) is 7.56. The first-order valence-electron chi connectivity index (χ1n) is 9.06. The SMILES string of the molecule is COc1cccc([C@H](Nc2ccccn2)c2ccc3ccc(C)nc3c2O)c1. The Morgan fingerprint density at radius 2 is 1.86 bits per heavy atom. The molecule has 0 aliphatic heterocycles. The Morgan fingerprint density at radius 3 is 2.64 bits per heavy atom. The number of methoxy groups -OCH3 is 1. The van der Waals surface area contributed by atoms with Crippen molar-refractivity contribution in [1.82, 2.24) is 9.97 Å². The van der Waals surface area contributed by atoms with Gasteiger partial charge in [-0.05, 0) is 42.8 Å². The van der Waals surface area contributed by atoms with Crippen LogP contribution in [0.1, 0.15) is 22.9 Å². The number of hydrogen-bond donors (Lipinski definition) is 2. The second-order valence-electron chi connectivity index (χ2n) is 6.60. The summed E-state index contributed by atoms with van der Waals surface area (Å²) >= 11 is 0. The van der Waals surface area contributed by atoms with Crippen LogP contribution in [-0.4, -0.2) is 22.2 Å². The number of aryl methyl sites for hydroxylation is 1. The van der Waals surface area contributed by atoms with Crippen LogP contribution in [0.25, 0.3) is 10.9 Å². The van der Waals surface area contributed by atoms with Crippen LogP contribution in [0.4, 0.5) is 5.82 Å². The predicted octanol–water partition coefficient (Wildman–Crippen LogP) is 4.85. The standard InChI is InChI=1S/C23H21N3O2/c1-15-9-10-16-11-12-19(23(27)22(16)25-15)21(26-20-8-3-4-13-24-20)17-6-5-7-18(14-17)28-2/h3-14,21,27H,1-2H3,(H,24,26)/t21-/m0/s1. The van der Waals surface area contributed by atoms with Crippen molar-refractivity contribution in [1.29, 1.82) is 0 Å². The molecule has 0 aliphatic carbocycles. The highest BCUT2D eigenvalue weighted by Gasteiger charge is 2.21. The lowest BCUT2D eigenvalue weighted by atomic mass is 9.96. The summed E-state index contributed by atoms with van der Waals surface area (Å²) in [5, 5.41) is 15.4.